The molecule has 1 atom stereocenters. The third kappa shape index (κ3) is 2.21. The van der Waals surface area contributed by atoms with Crippen molar-refractivity contribution in [1.82, 2.24) is 4.90 Å². The number of nitrogens with two attached hydrogens (primary N) is 1. The molecule has 0 spiro atoms. The van der Waals surface area contributed by atoms with Gasteiger partial charge in [0.25, 0.3) is 0 Å². The zero-order chi connectivity index (χ0) is 9.14. The lowest BCUT2D eigenvalue weighted by Crippen LogP contribution is -2.42. The van der Waals surface area contributed by atoms with Crippen LogP contribution >= 0.6 is 0 Å². The second-order valence-electron chi connectivity index (χ2n) is 3.77. The van der Waals surface area contributed by atoms with E-state index in [2.05, 4.69) is 0 Å². The molecule has 0 aromatic carbocycles. The van der Waals surface area contributed by atoms with Gasteiger partial charge in [0.15, 0.2) is 0 Å². The molecule has 1 amide bonds. The van der Waals surface area contributed by atoms with E-state index in [1.165, 1.54) is 19.3 Å². The first-order valence-corrected chi connectivity index (χ1v) is 4.62. The number of hydrogen-bond acceptors (Lipinski definition) is 2. The van der Waals surface area contributed by atoms with Gasteiger partial charge in [-0.25, -0.2) is 0 Å². The van der Waals surface area contributed by atoms with Crippen molar-refractivity contribution in [3.05, 3.63) is 0 Å². The summed E-state index contributed by atoms with van der Waals surface area (Å²) in [4.78, 5) is 13.3. The highest BCUT2D eigenvalue weighted by atomic mass is 16.2. The predicted molar refractivity (Wildman–Crippen MR) is 48.7 cm³/mol. The molecule has 1 saturated carbocycles. The predicted octanol–water partition coefficient (Wildman–Crippen LogP) is 0.735. The van der Waals surface area contributed by atoms with Gasteiger partial charge in [0.05, 0.1) is 0 Å². The smallest absolute Gasteiger partial charge is 0.224 e. The van der Waals surface area contributed by atoms with Crippen LogP contribution in [0, 0.1) is 0 Å². The molecule has 1 fully saturated rings. The summed E-state index contributed by atoms with van der Waals surface area (Å²) in [5.74, 6) is 0.190. The maximum absolute atomic E-state index is 11.4. The van der Waals surface area contributed by atoms with Gasteiger partial charge in [0.1, 0.15) is 0 Å². The second kappa shape index (κ2) is 3.90. The molecule has 1 unspecified atom stereocenters. The Balaban J connectivity index is 2.30. The Hall–Kier alpha value is -0.570. The molecule has 1 aliphatic carbocycles. The molecule has 0 heterocycles. The van der Waals surface area contributed by atoms with Gasteiger partial charge in [-0.1, -0.05) is 0 Å². The summed E-state index contributed by atoms with van der Waals surface area (Å²) >= 11 is 0. The average molecular weight is 170 g/mol. The molecule has 0 saturated heterocycles. The summed E-state index contributed by atoms with van der Waals surface area (Å²) in [5, 5.41) is 0. The van der Waals surface area contributed by atoms with Gasteiger partial charge >= 0.3 is 0 Å². The van der Waals surface area contributed by atoms with E-state index < -0.39 is 0 Å². The molecule has 2 N–H and O–H groups in total. The van der Waals surface area contributed by atoms with Crippen LogP contribution in [0.25, 0.3) is 0 Å². The number of hydrogen-bond donors (Lipinski definition) is 1. The molecular formula is C9H18N2O. The molecule has 1 rings (SSSR count). The first kappa shape index (κ1) is 9.52. The zero-order valence-corrected chi connectivity index (χ0v) is 7.92. The molecular weight excluding hydrogens is 152 g/mol. The SMILES string of the molecule is CC(N)CC(=O)N(C)C1CCC1. The Bertz CT molecular complexity index is 164. The van der Waals surface area contributed by atoms with E-state index in [1.807, 2.05) is 18.9 Å². The number of carbonyl (C=O) groups is 1. The summed E-state index contributed by atoms with van der Waals surface area (Å²) in [5.41, 5.74) is 5.54. The summed E-state index contributed by atoms with van der Waals surface area (Å²) in [7, 11) is 1.88. The molecule has 0 aromatic heterocycles. The van der Waals surface area contributed by atoms with Crippen LogP contribution in [0.15, 0.2) is 0 Å². The Morgan fingerprint density at radius 3 is 2.58 bits per heavy atom. The fourth-order valence-corrected chi connectivity index (χ4v) is 1.40. The highest BCUT2D eigenvalue weighted by Gasteiger charge is 2.25. The Kier molecular flexibility index (Phi) is 3.09. The molecule has 12 heavy (non-hydrogen) atoms. The molecule has 0 aliphatic heterocycles. The lowest BCUT2D eigenvalue weighted by Gasteiger charge is -2.35. The van der Waals surface area contributed by atoms with Gasteiger partial charge < -0.3 is 10.6 Å². The third-order valence-electron chi connectivity index (χ3n) is 2.51. The van der Waals surface area contributed by atoms with Crippen molar-refractivity contribution >= 4 is 5.91 Å². The molecule has 3 nitrogen and oxygen atoms in total. The fourth-order valence-electron chi connectivity index (χ4n) is 1.40. The van der Waals surface area contributed by atoms with Crippen molar-refractivity contribution in [1.29, 1.82) is 0 Å². The van der Waals surface area contributed by atoms with Crippen molar-refractivity contribution in [3.63, 3.8) is 0 Å². The standard InChI is InChI=1S/C9H18N2O/c1-7(10)6-9(12)11(2)8-4-3-5-8/h7-8H,3-6,10H2,1-2H3. The zero-order valence-electron chi connectivity index (χ0n) is 7.92. The van der Waals surface area contributed by atoms with E-state index in [4.69, 9.17) is 5.73 Å². The van der Waals surface area contributed by atoms with Crippen LogP contribution in [0.2, 0.25) is 0 Å². The van der Waals surface area contributed by atoms with E-state index in [9.17, 15) is 4.79 Å². The quantitative estimate of drug-likeness (QED) is 0.679. The van der Waals surface area contributed by atoms with E-state index in [1.54, 1.807) is 0 Å². The number of rotatable bonds is 3. The van der Waals surface area contributed by atoms with E-state index in [-0.39, 0.29) is 11.9 Å². The van der Waals surface area contributed by atoms with Gasteiger partial charge in [-0.15, -0.1) is 0 Å². The highest BCUT2D eigenvalue weighted by Crippen LogP contribution is 2.23. The van der Waals surface area contributed by atoms with Crippen LogP contribution in [-0.4, -0.2) is 29.9 Å². The van der Waals surface area contributed by atoms with Crippen molar-refractivity contribution in [2.75, 3.05) is 7.05 Å². The first-order chi connectivity index (χ1) is 5.61. The summed E-state index contributed by atoms with van der Waals surface area (Å²) in [6.45, 7) is 1.87. The van der Waals surface area contributed by atoms with Crippen molar-refractivity contribution in [3.8, 4) is 0 Å². The number of amides is 1. The maximum atomic E-state index is 11.4. The normalized spacial score (nSPS) is 19.9. The lowest BCUT2D eigenvalue weighted by atomic mass is 9.91. The molecule has 1 aliphatic rings. The minimum Gasteiger partial charge on any atom is -0.343 e. The Morgan fingerprint density at radius 1 is 1.67 bits per heavy atom. The van der Waals surface area contributed by atoms with Crippen LogP contribution < -0.4 is 5.73 Å². The maximum Gasteiger partial charge on any atom is 0.224 e. The van der Waals surface area contributed by atoms with Crippen molar-refractivity contribution in [2.24, 2.45) is 5.73 Å². The van der Waals surface area contributed by atoms with Gasteiger partial charge in [0, 0.05) is 25.6 Å². The molecule has 0 radical (unpaired) electrons. The molecule has 70 valence electrons. The number of nitrogens with zero attached hydrogens (tertiary/aromatic N) is 1. The average Bonchev–Trinajstić information content (AvgIpc) is 1.81. The second-order valence-corrected chi connectivity index (χ2v) is 3.77. The topological polar surface area (TPSA) is 46.3 Å². The van der Waals surface area contributed by atoms with Crippen LogP contribution in [0.4, 0.5) is 0 Å². The lowest BCUT2D eigenvalue weighted by molar-refractivity contribution is -0.133. The molecule has 3 heteroatoms. The van der Waals surface area contributed by atoms with Crippen LogP contribution in [0.3, 0.4) is 0 Å². The van der Waals surface area contributed by atoms with Gasteiger partial charge in [-0.3, -0.25) is 4.79 Å². The third-order valence-corrected chi connectivity index (χ3v) is 2.51. The van der Waals surface area contributed by atoms with Crippen molar-refractivity contribution in [2.45, 2.75) is 44.7 Å². The van der Waals surface area contributed by atoms with Crippen LogP contribution in [-0.2, 0) is 4.79 Å². The largest absolute Gasteiger partial charge is 0.343 e. The van der Waals surface area contributed by atoms with E-state index in [0.29, 0.717) is 12.5 Å². The van der Waals surface area contributed by atoms with Gasteiger partial charge in [-0.2, -0.15) is 0 Å². The molecule has 0 aromatic rings. The minimum atomic E-state index is -0.0139. The van der Waals surface area contributed by atoms with E-state index >= 15 is 0 Å². The Morgan fingerprint density at radius 2 is 2.25 bits per heavy atom. The Labute approximate surface area is 73.9 Å². The summed E-state index contributed by atoms with van der Waals surface area (Å²) in [6.07, 6.45) is 4.08. The van der Waals surface area contributed by atoms with Crippen LogP contribution in [0.1, 0.15) is 32.6 Å². The summed E-state index contributed by atoms with van der Waals surface area (Å²) in [6, 6.07) is 0.483. The minimum absolute atomic E-state index is 0.0139. The fraction of sp³-hybridized carbons (Fsp3) is 0.889. The van der Waals surface area contributed by atoms with Crippen LogP contribution in [0.5, 0.6) is 0 Å². The highest BCUT2D eigenvalue weighted by molar-refractivity contribution is 5.76. The first-order valence-electron chi connectivity index (χ1n) is 4.62. The van der Waals surface area contributed by atoms with E-state index in [0.717, 1.165) is 0 Å². The number of carbonyl (C=O) groups excluding carboxylic acids is 1. The summed E-state index contributed by atoms with van der Waals surface area (Å²) < 4.78 is 0. The van der Waals surface area contributed by atoms with Crippen molar-refractivity contribution < 1.29 is 4.79 Å². The monoisotopic (exact) mass is 170 g/mol. The van der Waals surface area contributed by atoms with Gasteiger partial charge in [-0.05, 0) is 26.2 Å². The van der Waals surface area contributed by atoms with Gasteiger partial charge in [0.2, 0.25) is 5.91 Å². The molecule has 0 bridgehead atoms.